The van der Waals surface area contributed by atoms with Crippen LogP contribution in [0.25, 0.3) is 0 Å². The zero-order valence-corrected chi connectivity index (χ0v) is 13.2. The Labute approximate surface area is 130 Å². The summed E-state index contributed by atoms with van der Waals surface area (Å²) < 4.78 is 5.38. The summed E-state index contributed by atoms with van der Waals surface area (Å²) in [7, 11) is 0. The third-order valence-corrected chi connectivity index (χ3v) is 3.38. The quantitative estimate of drug-likeness (QED) is 0.850. The lowest BCUT2D eigenvalue weighted by molar-refractivity contribution is 0.0918. The zero-order chi connectivity index (χ0) is 15.9. The minimum absolute atomic E-state index is 0.0357. The van der Waals surface area contributed by atoms with E-state index in [1.807, 2.05) is 6.92 Å². The molecule has 118 valence electrons. The molecule has 0 spiro atoms. The van der Waals surface area contributed by atoms with Gasteiger partial charge in [-0.2, -0.15) is 15.0 Å². The van der Waals surface area contributed by atoms with Crippen molar-refractivity contribution in [2.45, 2.75) is 33.4 Å². The van der Waals surface area contributed by atoms with Crippen molar-refractivity contribution < 1.29 is 9.53 Å². The predicted molar refractivity (Wildman–Crippen MR) is 83.7 cm³/mol. The third kappa shape index (κ3) is 4.31. The van der Waals surface area contributed by atoms with E-state index < -0.39 is 0 Å². The first-order valence-corrected chi connectivity index (χ1v) is 7.48. The van der Waals surface area contributed by atoms with Crippen molar-refractivity contribution in [1.29, 1.82) is 0 Å². The van der Waals surface area contributed by atoms with Crippen molar-refractivity contribution in [2.24, 2.45) is 5.92 Å². The fourth-order valence-electron chi connectivity index (χ4n) is 2.06. The second kappa shape index (κ2) is 7.59. The van der Waals surface area contributed by atoms with Gasteiger partial charge in [-0.15, -0.1) is 0 Å². The molecule has 0 aliphatic heterocycles. The molecule has 2 aromatic rings. The fraction of sp³-hybridized carbons (Fsp3) is 0.438. The minimum atomic E-state index is -0.103. The maximum absolute atomic E-state index is 12.4. The van der Waals surface area contributed by atoms with Gasteiger partial charge in [-0.05, 0) is 37.1 Å². The van der Waals surface area contributed by atoms with E-state index in [0.29, 0.717) is 18.7 Å². The Morgan fingerprint density at radius 1 is 1.23 bits per heavy atom. The van der Waals surface area contributed by atoms with E-state index in [1.54, 1.807) is 41.5 Å². The number of hydrogen-bond acceptors (Lipinski definition) is 4. The Kier molecular flexibility index (Phi) is 5.52. The molecule has 1 aromatic carbocycles. The molecule has 0 bridgehead atoms. The number of carbonyl (C=O) groups excluding carboxylic acids is 1. The van der Waals surface area contributed by atoms with Gasteiger partial charge in [-0.25, -0.2) is 0 Å². The number of carbonyl (C=O) groups is 1. The van der Waals surface area contributed by atoms with E-state index >= 15 is 0 Å². The highest BCUT2D eigenvalue weighted by Gasteiger charge is 2.18. The van der Waals surface area contributed by atoms with Crippen molar-refractivity contribution in [3.63, 3.8) is 0 Å². The van der Waals surface area contributed by atoms with Gasteiger partial charge in [0.2, 0.25) is 0 Å². The molecule has 1 amide bonds. The van der Waals surface area contributed by atoms with Crippen molar-refractivity contribution in [2.75, 3.05) is 6.61 Å². The summed E-state index contributed by atoms with van der Waals surface area (Å²) in [6.45, 7) is 7.21. The number of ether oxygens (including phenoxy) is 1. The van der Waals surface area contributed by atoms with Gasteiger partial charge >= 0.3 is 0 Å². The van der Waals surface area contributed by atoms with Crippen LogP contribution in [0.5, 0.6) is 5.75 Å². The Bertz CT molecular complexity index is 579. The monoisotopic (exact) mass is 302 g/mol. The second-order valence-corrected chi connectivity index (χ2v) is 5.37. The number of hydrogen-bond donors (Lipinski definition) is 1. The average molecular weight is 302 g/mol. The Balaban J connectivity index is 2.01. The van der Waals surface area contributed by atoms with Crippen LogP contribution in [0.4, 0.5) is 0 Å². The van der Waals surface area contributed by atoms with Crippen LogP contribution in [0.2, 0.25) is 0 Å². The van der Waals surface area contributed by atoms with Crippen molar-refractivity contribution in [3.05, 3.63) is 42.2 Å². The third-order valence-electron chi connectivity index (χ3n) is 3.38. The first-order chi connectivity index (χ1) is 10.6. The molecule has 1 aromatic heterocycles. The predicted octanol–water partition coefficient (Wildman–Crippen LogP) is 2.13. The molecule has 0 radical (unpaired) electrons. The topological polar surface area (TPSA) is 69.0 Å². The average Bonchev–Trinajstić information content (AvgIpc) is 3.00. The standard InChI is InChI=1S/C16H22N4O2/c1-4-22-14-7-5-13(6-8-14)16(21)19-15(12(2)3)11-20-17-9-10-18-20/h5-10,12,15H,4,11H2,1-3H3,(H,19,21). The SMILES string of the molecule is CCOc1ccc(C(=O)NC(Cn2nccn2)C(C)C)cc1. The van der Waals surface area contributed by atoms with E-state index in [2.05, 4.69) is 29.4 Å². The van der Waals surface area contributed by atoms with Gasteiger partial charge in [0, 0.05) is 5.56 Å². The van der Waals surface area contributed by atoms with E-state index in [9.17, 15) is 4.79 Å². The number of aromatic nitrogens is 3. The van der Waals surface area contributed by atoms with E-state index in [1.165, 1.54) is 0 Å². The Morgan fingerprint density at radius 3 is 2.41 bits per heavy atom. The highest BCUT2D eigenvalue weighted by molar-refractivity contribution is 5.94. The van der Waals surface area contributed by atoms with E-state index in [0.717, 1.165) is 5.75 Å². The highest BCUT2D eigenvalue weighted by atomic mass is 16.5. The summed E-state index contributed by atoms with van der Waals surface area (Å²) in [5.74, 6) is 0.937. The molecule has 0 saturated carbocycles. The van der Waals surface area contributed by atoms with Gasteiger partial charge in [0.25, 0.3) is 5.91 Å². The number of rotatable bonds is 7. The smallest absolute Gasteiger partial charge is 0.251 e. The van der Waals surface area contributed by atoms with Crippen LogP contribution in [0.3, 0.4) is 0 Å². The van der Waals surface area contributed by atoms with Crippen LogP contribution in [0.1, 0.15) is 31.1 Å². The molecule has 0 aliphatic rings. The van der Waals surface area contributed by atoms with Gasteiger partial charge in [-0.3, -0.25) is 4.79 Å². The fourth-order valence-corrected chi connectivity index (χ4v) is 2.06. The molecule has 1 unspecified atom stereocenters. The van der Waals surface area contributed by atoms with Crippen LogP contribution < -0.4 is 10.1 Å². The maximum Gasteiger partial charge on any atom is 0.251 e. The van der Waals surface area contributed by atoms with E-state index in [-0.39, 0.29) is 17.9 Å². The summed E-state index contributed by atoms with van der Waals surface area (Å²) in [6, 6.07) is 7.11. The molecule has 22 heavy (non-hydrogen) atoms. The molecule has 6 nitrogen and oxygen atoms in total. The normalized spacial score (nSPS) is 12.2. The largest absolute Gasteiger partial charge is 0.494 e. The van der Waals surface area contributed by atoms with Gasteiger partial charge in [0.1, 0.15) is 5.75 Å². The first-order valence-electron chi connectivity index (χ1n) is 7.48. The number of benzene rings is 1. The van der Waals surface area contributed by atoms with Crippen molar-refractivity contribution >= 4 is 5.91 Å². The molecule has 1 N–H and O–H groups in total. The van der Waals surface area contributed by atoms with Crippen LogP contribution >= 0.6 is 0 Å². The van der Waals surface area contributed by atoms with Crippen molar-refractivity contribution in [1.82, 2.24) is 20.3 Å². The minimum Gasteiger partial charge on any atom is -0.494 e. The molecule has 0 aliphatic carbocycles. The summed E-state index contributed by atoms with van der Waals surface area (Å²) >= 11 is 0. The van der Waals surface area contributed by atoms with E-state index in [4.69, 9.17) is 4.74 Å². The summed E-state index contributed by atoms with van der Waals surface area (Å²) in [4.78, 5) is 13.9. The molecule has 0 saturated heterocycles. The van der Waals surface area contributed by atoms with Crippen LogP contribution in [0, 0.1) is 5.92 Å². The van der Waals surface area contributed by atoms with Gasteiger partial charge in [0.15, 0.2) is 0 Å². The van der Waals surface area contributed by atoms with Gasteiger partial charge in [0.05, 0.1) is 31.6 Å². The van der Waals surface area contributed by atoms with Gasteiger partial charge < -0.3 is 10.1 Å². The van der Waals surface area contributed by atoms with Gasteiger partial charge in [-0.1, -0.05) is 13.8 Å². The molecule has 6 heteroatoms. The molecular formula is C16H22N4O2. The van der Waals surface area contributed by atoms with Crippen LogP contribution in [-0.4, -0.2) is 33.5 Å². The maximum atomic E-state index is 12.4. The molecular weight excluding hydrogens is 280 g/mol. The molecule has 2 rings (SSSR count). The number of nitrogens with zero attached hydrogens (tertiary/aromatic N) is 3. The van der Waals surface area contributed by atoms with Crippen LogP contribution in [-0.2, 0) is 6.54 Å². The lowest BCUT2D eigenvalue weighted by atomic mass is 10.0. The first kappa shape index (κ1) is 16.0. The highest BCUT2D eigenvalue weighted by Crippen LogP contribution is 2.13. The second-order valence-electron chi connectivity index (χ2n) is 5.37. The Morgan fingerprint density at radius 2 is 1.86 bits per heavy atom. The zero-order valence-electron chi connectivity index (χ0n) is 13.2. The summed E-state index contributed by atoms with van der Waals surface area (Å²) in [6.07, 6.45) is 3.26. The number of nitrogens with one attached hydrogen (secondary N) is 1. The molecule has 0 fully saturated rings. The van der Waals surface area contributed by atoms with Crippen molar-refractivity contribution in [3.8, 4) is 5.75 Å². The lowest BCUT2D eigenvalue weighted by Crippen LogP contribution is -2.42. The number of amides is 1. The Hall–Kier alpha value is -2.37. The molecule has 1 atom stereocenters. The summed E-state index contributed by atoms with van der Waals surface area (Å²) in [5, 5.41) is 11.2. The summed E-state index contributed by atoms with van der Waals surface area (Å²) in [5.41, 5.74) is 0.613. The lowest BCUT2D eigenvalue weighted by Gasteiger charge is -2.21. The van der Waals surface area contributed by atoms with Crippen LogP contribution in [0.15, 0.2) is 36.7 Å². The molecule has 1 heterocycles.